The zero-order valence-electron chi connectivity index (χ0n) is 14.6. The molecule has 1 saturated heterocycles. The van der Waals surface area contributed by atoms with Crippen LogP contribution in [0.1, 0.15) is 64.9 Å². The van der Waals surface area contributed by atoms with Gasteiger partial charge >= 0.3 is 0 Å². The zero-order chi connectivity index (χ0) is 16.0. The number of hydrogen-bond acceptors (Lipinski definition) is 2. The van der Waals surface area contributed by atoms with E-state index in [1.165, 1.54) is 11.3 Å². The predicted octanol–water partition coefficient (Wildman–Crippen LogP) is 3.56. The fourth-order valence-electron chi connectivity index (χ4n) is 3.48. The Morgan fingerprint density at radius 2 is 1.76 bits per heavy atom. The van der Waals surface area contributed by atoms with Gasteiger partial charge < -0.3 is 0 Å². The summed E-state index contributed by atoms with van der Waals surface area (Å²) < 4.78 is 15.4. The number of aromatic nitrogens is 2. The molecule has 0 saturated carbocycles. The van der Waals surface area contributed by atoms with Crippen molar-refractivity contribution in [2.24, 2.45) is 7.05 Å². The minimum absolute atomic E-state index is 0.0427. The molecule has 1 fully saturated rings. The molecule has 120 valence electrons. The van der Waals surface area contributed by atoms with Gasteiger partial charge in [0.1, 0.15) is 6.17 Å². The first-order valence-electron chi connectivity index (χ1n) is 7.93. The summed E-state index contributed by atoms with van der Waals surface area (Å²) in [5.74, 6) is 0. The van der Waals surface area contributed by atoms with Crippen LogP contribution >= 0.6 is 0 Å². The van der Waals surface area contributed by atoms with Gasteiger partial charge in [-0.05, 0) is 11.8 Å². The lowest BCUT2D eigenvalue weighted by Crippen LogP contribution is -2.26. The highest BCUT2D eigenvalue weighted by atomic mass is 19.1. The monoisotopic (exact) mass is 295 g/mol. The summed E-state index contributed by atoms with van der Waals surface area (Å²) >= 11 is 0. The maximum atomic E-state index is 13.4. The lowest BCUT2D eigenvalue weighted by molar-refractivity contribution is 0.278. The molecule has 0 amide bonds. The van der Waals surface area contributed by atoms with Crippen LogP contribution in [0.15, 0.2) is 0 Å². The molecule has 3 nitrogen and oxygen atoms in total. The van der Waals surface area contributed by atoms with Gasteiger partial charge in [0.15, 0.2) is 0 Å². The Kier molecular flexibility index (Phi) is 4.22. The quantitative estimate of drug-likeness (QED) is 0.832. The first kappa shape index (κ1) is 16.5. The number of aryl methyl sites for hydroxylation is 1. The van der Waals surface area contributed by atoms with Gasteiger partial charge in [-0.1, -0.05) is 41.5 Å². The average Bonchev–Trinajstić information content (AvgIpc) is 2.81. The van der Waals surface area contributed by atoms with Gasteiger partial charge in [-0.3, -0.25) is 9.58 Å². The van der Waals surface area contributed by atoms with Crippen LogP contribution in [0.25, 0.3) is 0 Å². The molecule has 0 spiro atoms. The highest BCUT2D eigenvalue weighted by Crippen LogP contribution is 2.36. The molecule has 1 atom stereocenters. The Morgan fingerprint density at radius 3 is 2.19 bits per heavy atom. The van der Waals surface area contributed by atoms with E-state index in [1.807, 2.05) is 11.7 Å². The molecular weight excluding hydrogens is 265 g/mol. The molecular formula is C17H30FN3. The summed E-state index contributed by atoms with van der Waals surface area (Å²) in [6.07, 6.45) is -0.0158. The zero-order valence-corrected chi connectivity index (χ0v) is 14.6. The summed E-state index contributed by atoms with van der Waals surface area (Å²) in [6.45, 7) is 15.6. The topological polar surface area (TPSA) is 21.1 Å². The fourth-order valence-corrected chi connectivity index (χ4v) is 3.48. The van der Waals surface area contributed by atoms with Crippen LogP contribution in [0.2, 0.25) is 0 Å². The maximum absolute atomic E-state index is 13.4. The molecule has 0 radical (unpaired) electrons. The largest absolute Gasteiger partial charge is 0.294 e. The fraction of sp³-hybridized carbons (Fsp3) is 0.824. The molecule has 4 heteroatoms. The van der Waals surface area contributed by atoms with Crippen molar-refractivity contribution in [2.75, 3.05) is 13.1 Å². The van der Waals surface area contributed by atoms with E-state index in [2.05, 4.69) is 46.4 Å². The molecule has 2 heterocycles. The Morgan fingerprint density at radius 1 is 1.14 bits per heavy atom. The SMILES string of the molecule is Cn1nc(CN2CC[C@H](F)C2)c(C(C)(C)C)c1C(C)(C)C. The number of hydrogen-bond donors (Lipinski definition) is 0. The lowest BCUT2D eigenvalue weighted by atomic mass is 9.78. The molecule has 1 aliphatic heterocycles. The van der Waals surface area contributed by atoms with Gasteiger partial charge in [-0.15, -0.1) is 0 Å². The standard InChI is InChI=1S/C17H30FN3/c1-16(2,3)14-13(11-21-9-8-12(18)10-21)19-20(7)15(14)17(4,5)6/h12H,8-11H2,1-7H3/t12-/m0/s1. The van der Waals surface area contributed by atoms with E-state index in [0.29, 0.717) is 13.0 Å². The Labute approximate surface area is 128 Å². The lowest BCUT2D eigenvalue weighted by Gasteiger charge is -2.28. The number of likely N-dealkylation sites (tertiary alicyclic amines) is 1. The van der Waals surface area contributed by atoms with E-state index in [9.17, 15) is 4.39 Å². The van der Waals surface area contributed by atoms with Crippen molar-refractivity contribution < 1.29 is 4.39 Å². The van der Waals surface area contributed by atoms with E-state index < -0.39 is 6.17 Å². The maximum Gasteiger partial charge on any atom is 0.114 e. The van der Waals surface area contributed by atoms with E-state index >= 15 is 0 Å². The number of rotatable bonds is 2. The van der Waals surface area contributed by atoms with Gasteiger partial charge in [-0.25, -0.2) is 4.39 Å². The van der Waals surface area contributed by atoms with Gasteiger partial charge in [-0.2, -0.15) is 5.10 Å². The van der Waals surface area contributed by atoms with E-state index in [1.54, 1.807) is 0 Å². The second-order valence-electron chi connectivity index (χ2n) is 8.41. The van der Waals surface area contributed by atoms with Crippen LogP contribution in [-0.4, -0.2) is 33.9 Å². The van der Waals surface area contributed by atoms with Crippen LogP contribution in [-0.2, 0) is 24.4 Å². The van der Waals surface area contributed by atoms with E-state index in [-0.39, 0.29) is 10.8 Å². The van der Waals surface area contributed by atoms with Gasteiger partial charge in [0, 0.05) is 43.4 Å². The smallest absolute Gasteiger partial charge is 0.114 e. The number of halogens is 1. The molecule has 2 rings (SSSR count). The summed E-state index contributed by atoms with van der Waals surface area (Å²) in [4.78, 5) is 2.19. The summed E-state index contributed by atoms with van der Waals surface area (Å²) in [5.41, 5.74) is 3.84. The Bertz CT molecular complexity index is 505. The van der Waals surface area contributed by atoms with Crippen LogP contribution in [0, 0.1) is 0 Å². The van der Waals surface area contributed by atoms with Gasteiger partial charge in [0.05, 0.1) is 5.69 Å². The molecule has 0 aromatic carbocycles. The minimum atomic E-state index is -0.672. The van der Waals surface area contributed by atoms with Gasteiger partial charge in [0.2, 0.25) is 0 Å². The minimum Gasteiger partial charge on any atom is -0.294 e. The van der Waals surface area contributed by atoms with Crippen molar-refractivity contribution in [3.8, 4) is 0 Å². The summed E-state index contributed by atoms with van der Waals surface area (Å²) in [5, 5.41) is 4.78. The van der Waals surface area contributed by atoms with E-state index in [4.69, 9.17) is 5.10 Å². The van der Waals surface area contributed by atoms with Crippen molar-refractivity contribution in [1.29, 1.82) is 0 Å². The molecule has 1 aromatic rings. The molecule has 0 unspecified atom stereocenters. The van der Waals surface area contributed by atoms with Crippen molar-refractivity contribution in [1.82, 2.24) is 14.7 Å². The molecule has 21 heavy (non-hydrogen) atoms. The van der Waals surface area contributed by atoms with Crippen LogP contribution in [0.4, 0.5) is 4.39 Å². The van der Waals surface area contributed by atoms with Gasteiger partial charge in [0.25, 0.3) is 0 Å². The van der Waals surface area contributed by atoms with Crippen LogP contribution < -0.4 is 0 Å². The third-order valence-corrected chi connectivity index (χ3v) is 4.17. The molecule has 0 bridgehead atoms. The highest BCUT2D eigenvalue weighted by Gasteiger charge is 2.33. The first-order chi connectivity index (χ1) is 9.50. The number of nitrogens with zero attached hydrogens (tertiary/aromatic N) is 3. The summed E-state index contributed by atoms with van der Waals surface area (Å²) in [7, 11) is 2.03. The second-order valence-corrected chi connectivity index (χ2v) is 8.41. The van der Waals surface area contributed by atoms with Crippen LogP contribution in [0.5, 0.6) is 0 Å². The molecule has 1 aromatic heterocycles. The van der Waals surface area contributed by atoms with E-state index in [0.717, 1.165) is 18.8 Å². The Balaban J connectivity index is 2.42. The van der Waals surface area contributed by atoms with Crippen molar-refractivity contribution in [3.05, 3.63) is 17.0 Å². The summed E-state index contributed by atoms with van der Waals surface area (Å²) in [6, 6.07) is 0. The molecule has 0 N–H and O–H groups in total. The predicted molar refractivity (Wildman–Crippen MR) is 85.4 cm³/mol. The third-order valence-electron chi connectivity index (χ3n) is 4.17. The second kappa shape index (κ2) is 5.38. The average molecular weight is 295 g/mol. The van der Waals surface area contributed by atoms with Crippen LogP contribution in [0.3, 0.4) is 0 Å². The third kappa shape index (κ3) is 3.47. The molecule has 1 aliphatic rings. The highest BCUT2D eigenvalue weighted by molar-refractivity contribution is 5.37. The normalized spacial score (nSPS) is 21.2. The van der Waals surface area contributed by atoms with Crippen molar-refractivity contribution >= 4 is 0 Å². The molecule has 0 aliphatic carbocycles. The van der Waals surface area contributed by atoms with Crippen molar-refractivity contribution in [3.63, 3.8) is 0 Å². The number of alkyl halides is 1. The van der Waals surface area contributed by atoms with Crippen molar-refractivity contribution in [2.45, 2.75) is 71.5 Å². The Hall–Kier alpha value is -0.900. The first-order valence-corrected chi connectivity index (χ1v) is 7.93.